The maximum Gasteiger partial charge on any atom is 0.205 e. The first-order valence-corrected chi connectivity index (χ1v) is 12.3. The lowest BCUT2D eigenvalue weighted by Gasteiger charge is -2.19. The summed E-state index contributed by atoms with van der Waals surface area (Å²) in [5, 5.41) is 19.5. The van der Waals surface area contributed by atoms with Crippen LogP contribution in [0.15, 0.2) is 60.7 Å². The monoisotopic (exact) mass is 453 g/mol. The standard InChI is InChI=1S/C27H31N7/c1-2-3-13-26-28-25(18-20-9-5-4-6-10-20)31-34(26)19-21-14-16-22(17-15-21)23-11-7-8-12-24(23)27-29-32-33-30-27/h2-3,7-8,11-12,14-17,20H,4-6,9-10,13,18-19H2,1H3,(H,29,30,32,33). The molecule has 1 aliphatic carbocycles. The van der Waals surface area contributed by atoms with Gasteiger partial charge in [0.05, 0.1) is 6.54 Å². The molecular weight excluding hydrogens is 422 g/mol. The second kappa shape index (κ2) is 10.5. The summed E-state index contributed by atoms with van der Waals surface area (Å²) in [5.74, 6) is 3.37. The second-order valence-electron chi connectivity index (χ2n) is 9.06. The van der Waals surface area contributed by atoms with E-state index in [0.29, 0.717) is 5.82 Å². The molecule has 7 heteroatoms. The highest BCUT2D eigenvalue weighted by Gasteiger charge is 2.18. The lowest BCUT2D eigenvalue weighted by atomic mass is 9.87. The van der Waals surface area contributed by atoms with E-state index in [-0.39, 0.29) is 0 Å². The molecule has 1 saturated carbocycles. The predicted molar refractivity (Wildman–Crippen MR) is 133 cm³/mol. The summed E-state index contributed by atoms with van der Waals surface area (Å²) < 4.78 is 2.08. The van der Waals surface area contributed by atoms with Crippen molar-refractivity contribution in [1.29, 1.82) is 0 Å². The Morgan fingerprint density at radius 3 is 2.53 bits per heavy atom. The molecule has 0 amide bonds. The fourth-order valence-corrected chi connectivity index (χ4v) is 4.83. The van der Waals surface area contributed by atoms with Crippen LogP contribution in [0, 0.1) is 5.92 Å². The number of benzene rings is 2. The average molecular weight is 454 g/mol. The number of aromatic amines is 1. The molecule has 4 aromatic rings. The third-order valence-electron chi connectivity index (χ3n) is 6.63. The van der Waals surface area contributed by atoms with Gasteiger partial charge in [0, 0.05) is 18.4 Å². The number of tetrazole rings is 1. The van der Waals surface area contributed by atoms with Crippen LogP contribution >= 0.6 is 0 Å². The van der Waals surface area contributed by atoms with E-state index in [4.69, 9.17) is 10.1 Å². The van der Waals surface area contributed by atoms with Crippen LogP contribution in [0.4, 0.5) is 0 Å². The summed E-state index contributed by atoms with van der Waals surface area (Å²) in [6.07, 6.45) is 12.7. The van der Waals surface area contributed by atoms with Crippen LogP contribution in [-0.2, 0) is 19.4 Å². The molecule has 0 radical (unpaired) electrons. The van der Waals surface area contributed by atoms with Crippen molar-refractivity contribution >= 4 is 0 Å². The minimum Gasteiger partial charge on any atom is -0.245 e. The molecule has 2 heterocycles. The van der Waals surface area contributed by atoms with Gasteiger partial charge in [-0.05, 0) is 34.7 Å². The normalized spacial score (nSPS) is 14.7. The Labute approximate surface area is 200 Å². The summed E-state index contributed by atoms with van der Waals surface area (Å²) >= 11 is 0. The molecule has 0 aliphatic heterocycles. The minimum absolute atomic E-state index is 0.599. The quantitative estimate of drug-likeness (QED) is 0.360. The van der Waals surface area contributed by atoms with Crippen LogP contribution in [0.1, 0.15) is 56.2 Å². The Morgan fingerprint density at radius 1 is 1.00 bits per heavy atom. The summed E-state index contributed by atoms with van der Waals surface area (Å²) in [7, 11) is 0. The summed E-state index contributed by atoms with van der Waals surface area (Å²) in [6.45, 7) is 2.77. The Hall–Kier alpha value is -3.61. The molecule has 2 aromatic heterocycles. The van der Waals surface area contributed by atoms with E-state index in [0.717, 1.165) is 53.6 Å². The Balaban J connectivity index is 1.35. The van der Waals surface area contributed by atoms with E-state index in [1.54, 1.807) is 0 Å². The molecule has 0 unspecified atom stereocenters. The van der Waals surface area contributed by atoms with Gasteiger partial charge < -0.3 is 0 Å². The van der Waals surface area contributed by atoms with Crippen molar-refractivity contribution in [2.75, 3.05) is 0 Å². The van der Waals surface area contributed by atoms with Gasteiger partial charge in [-0.3, -0.25) is 0 Å². The first kappa shape index (κ1) is 22.2. The first-order chi connectivity index (χ1) is 16.8. The maximum atomic E-state index is 4.93. The van der Waals surface area contributed by atoms with Crippen LogP contribution < -0.4 is 0 Å². The number of rotatable bonds is 8. The van der Waals surface area contributed by atoms with Gasteiger partial charge in [0.2, 0.25) is 5.82 Å². The van der Waals surface area contributed by atoms with E-state index in [1.165, 1.54) is 37.7 Å². The molecule has 5 rings (SSSR count). The van der Waals surface area contributed by atoms with E-state index in [1.807, 2.05) is 18.2 Å². The molecule has 2 aromatic carbocycles. The molecule has 0 saturated heterocycles. The van der Waals surface area contributed by atoms with Crippen molar-refractivity contribution in [2.24, 2.45) is 5.92 Å². The van der Waals surface area contributed by atoms with E-state index in [9.17, 15) is 0 Å². The largest absolute Gasteiger partial charge is 0.245 e. The summed E-state index contributed by atoms with van der Waals surface area (Å²) in [4.78, 5) is 4.92. The van der Waals surface area contributed by atoms with E-state index in [2.05, 4.69) is 74.7 Å². The smallest absolute Gasteiger partial charge is 0.205 e. The second-order valence-corrected chi connectivity index (χ2v) is 9.06. The average Bonchev–Trinajstić information content (AvgIpc) is 3.54. The highest BCUT2D eigenvalue weighted by Crippen LogP contribution is 2.30. The Bertz CT molecular complexity index is 1220. The zero-order valence-corrected chi connectivity index (χ0v) is 19.7. The molecule has 174 valence electrons. The number of nitrogens with one attached hydrogen (secondary N) is 1. The Kier molecular flexibility index (Phi) is 6.89. The molecule has 34 heavy (non-hydrogen) atoms. The van der Waals surface area contributed by atoms with Crippen LogP contribution in [-0.4, -0.2) is 35.4 Å². The number of allylic oxidation sites excluding steroid dienone is 2. The number of H-pyrrole nitrogens is 1. The van der Waals surface area contributed by atoms with E-state index < -0.39 is 0 Å². The third kappa shape index (κ3) is 5.14. The molecule has 1 aliphatic rings. The van der Waals surface area contributed by atoms with E-state index >= 15 is 0 Å². The van der Waals surface area contributed by atoms with Gasteiger partial charge in [-0.1, -0.05) is 92.8 Å². The van der Waals surface area contributed by atoms with Gasteiger partial charge in [0.1, 0.15) is 5.82 Å². The van der Waals surface area contributed by atoms with Crippen LogP contribution in [0.2, 0.25) is 0 Å². The number of aromatic nitrogens is 7. The van der Waals surface area contributed by atoms with Crippen LogP contribution in [0.25, 0.3) is 22.5 Å². The van der Waals surface area contributed by atoms with Gasteiger partial charge in [0.25, 0.3) is 0 Å². The van der Waals surface area contributed by atoms with Crippen molar-refractivity contribution in [3.63, 3.8) is 0 Å². The van der Waals surface area contributed by atoms with Crippen molar-refractivity contribution in [3.8, 4) is 22.5 Å². The number of hydrogen-bond donors (Lipinski definition) is 1. The zero-order chi connectivity index (χ0) is 23.2. The zero-order valence-electron chi connectivity index (χ0n) is 19.7. The van der Waals surface area contributed by atoms with Crippen LogP contribution in [0.5, 0.6) is 0 Å². The topological polar surface area (TPSA) is 85.2 Å². The first-order valence-electron chi connectivity index (χ1n) is 12.3. The SMILES string of the molecule is CC=CCc1nc(CC2CCCCC2)nn1Cc1ccc(-c2ccccc2-c2nn[nH]n2)cc1. The minimum atomic E-state index is 0.599. The molecule has 1 N–H and O–H groups in total. The maximum absolute atomic E-state index is 4.93. The van der Waals surface area contributed by atoms with Gasteiger partial charge >= 0.3 is 0 Å². The Morgan fingerprint density at radius 2 is 1.79 bits per heavy atom. The highest BCUT2D eigenvalue weighted by atomic mass is 15.5. The molecule has 0 spiro atoms. The van der Waals surface area contributed by atoms with Crippen molar-refractivity contribution in [2.45, 2.75) is 58.4 Å². The van der Waals surface area contributed by atoms with Gasteiger partial charge in [0.15, 0.2) is 5.82 Å². The fourth-order valence-electron chi connectivity index (χ4n) is 4.83. The predicted octanol–water partition coefficient (Wildman–Crippen LogP) is 5.41. The van der Waals surface area contributed by atoms with Crippen LogP contribution in [0.3, 0.4) is 0 Å². The lowest BCUT2D eigenvalue weighted by molar-refractivity contribution is 0.351. The summed E-state index contributed by atoms with van der Waals surface area (Å²) in [6, 6.07) is 16.8. The number of hydrogen-bond acceptors (Lipinski definition) is 5. The van der Waals surface area contributed by atoms with Gasteiger partial charge in [-0.2, -0.15) is 10.3 Å². The van der Waals surface area contributed by atoms with Crippen molar-refractivity contribution in [1.82, 2.24) is 35.4 Å². The lowest BCUT2D eigenvalue weighted by Crippen LogP contribution is -2.11. The number of nitrogens with zero attached hydrogens (tertiary/aromatic N) is 6. The highest BCUT2D eigenvalue weighted by molar-refractivity contribution is 5.80. The fraction of sp³-hybridized carbons (Fsp3) is 0.370. The van der Waals surface area contributed by atoms with Gasteiger partial charge in [-0.15, -0.1) is 10.2 Å². The molecule has 0 bridgehead atoms. The molecule has 7 nitrogen and oxygen atoms in total. The van der Waals surface area contributed by atoms with Crippen molar-refractivity contribution < 1.29 is 0 Å². The summed E-state index contributed by atoms with van der Waals surface area (Å²) in [5.41, 5.74) is 4.37. The third-order valence-corrected chi connectivity index (χ3v) is 6.63. The molecule has 0 atom stereocenters. The van der Waals surface area contributed by atoms with Crippen molar-refractivity contribution in [3.05, 3.63) is 77.9 Å². The molecular formula is C27H31N7. The molecule has 1 fully saturated rings. The van der Waals surface area contributed by atoms with Gasteiger partial charge in [-0.25, -0.2) is 9.67 Å².